The van der Waals surface area contributed by atoms with Gasteiger partial charge in [-0.2, -0.15) is 0 Å². The number of nitrogens with one attached hydrogen (secondary N) is 2. The molecule has 0 spiro atoms. The fraction of sp³-hybridized carbons (Fsp3) is 0.480. The number of nitrogens with zero attached hydrogens (tertiary/aromatic N) is 1. The van der Waals surface area contributed by atoms with Crippen LogP contribution in [-0.2, 0) is 10.0 Å². The third-order valence-corrected chi connectivity index (χ3v) is 9.50. The molecule has 0 heterocycles. The molecule has 6 rings (SSSR count). The summed E-state index contributed by atoms with van der Waals surface area (Å²) in [4.78, 5) is 12.9. The van der Waals surface area contributed by atoms with Crippen molar-refractivity contribution in [3.05, 3.63) is 59.6 Å². The van der Waals surface area contributed by atoms with Gasteiger partial charge in [0.15, 0.2) is 0 Å². The zero-order valence-electron chi connectivity index (χ0n) is 18.5. The number of hydrogen-bond donors (Lipinski definition) is 2. The Morgan fingerprint density at radius 2 is 1.61 bits per heavy atom. The van der Waals surface area contributed by atoms with Crippen LogP contribution in [0.5, 0.6) is 0 Å². The Morgan fingerprint density at radius 1 is 0.970 bits per heavy atom. The minimum absolute atomic E-state index is 0.0786. The lowest BCUT2D eigenvalue weighted by molar-refractivity contribution is -0.0135. The first kappa shape index (κ1) is 22.5. The number of urea groups is 1. The van der Waals surface area contributed by atoms with Crippen LogP contribution in [0.25, 0.3) is 0 Å². The molecule has 4 aliphatic rings. The van der Waals surface area contributed by atoms with Crippen molar-refractivity contribution in [2.45, 2.75) is 49.0 Å². The summed E-state index contributed by atoms with van der Waals surface area (Å²) in [5.41, 5.74) is 0.464. The largest absolute Gasteiger partial charge is 0.336 e. The van der Waals surface area contributed by atoms with E-state index in [9.17, 15) is 13.2 Å². The highest BCUT2D eigenvalue weighted by Gasteiger charge is 2.51. The molecule has 0 aliphatic heterocycles. The van der Waals surface area contributed by atoms with Crippen LogP contribution in [0.4, 0.5) is 10.5 Å². The van der Waals surface area contributed by atoms with E-state index in [2.05, 4.69) is 10.6 Å². The normalized spacial score (nSPS) is 27.8. The summed E-state index contributed by atoms with van der Waals surface area (Å²) < 4.78 is 28.1. The molecule has 0 atom stereocenters. The van der Waals surface area contributed by atoms with E-state index in [-0.39, 0.29) is 29.6 Å². The van der Waals surface area contributed by atoms with E-state index in [0.29, 0.717) is 10.7 Å². The quantitative estimate of drug-likeness (QED) is 0.588. The predicted molar refractivity (Wildman–Crippen MR) is 130 cm³/mol. The van der Waals surface area contributed by atoms with Gasteiger partial charge in [-0.25, -0.2) is 13.2 Å². The maximum Gasteiger partial charge on any atom is 0.315 e. The molecule has 4 saturated carbocycles. The lowest BCUT2D eigenvalue weighted by Crippen LogP contribution is -2.61. The number of hydrogen-bond acceptors (Lipinski definition) is 3. The minimum Gasteiger partial charge on any atom is -0.336 e. The standard InChI is InChI=1S/C25H30ClN3O3S/c26-21-5-4-8-23(14-21)33(31,32)29(22-6-2-1-3-7-22)10-9-27-24(30)28-25-15-18-11-19(16-25)13-20(12-18)17-25/h1-8,14,18-20H,9-13,15-17H2,(H2,27,28,30). The van der Waals surface area contributed by atoms with E-state index in [4.69, 9.17) is 11.6 Å². The molecule has 2 aromatic carbocycles. The van der Waals surface area contributed by atoms with Crippen LogP contribution in [0.15, 0.2) is 59.5 Å². The average molecular weight is 488 g/mol. The fourth-order valence-corrected chi connectivity index (χ4v) is 8.32. The monoisotopic (exact) mass is 487 g/mol. The maximum absolute atomic E-state index is 13.4. The average Bonchev–Trinajstić information content (AvgIpc) is 2.76. The van der Waals surface area contributed by atoms with Gasteiger partial charge in [0.05, 0.1) is 17.1 Å². The fourth-order valence-electron chi connectivity index (χ4n) is 6.56. The van der Waals surface area contributed by atoms with Gasteiger partial charge in [-0.05, 0) is 86.6 Å². The summed E-state index contributed by atoms with van der Waals surface area (Å²) in [6.07, 6.45) is 7.17. The number of carbonyl (C=O) groups excluding carboxylic acids is 1. The van der Waals surface area contributed by atoms with E-state index in [0.717, 1.165) is 37.0 Å². The lowest BCUT2D eigenvalue weighted by atomic mass is 9.53. The molecule has 176 valence electrons. The molecule has 0 saturated heterocycles. The van der Waals surface area contributed by atoms with Gasteiger partial charge in [0.25, 0.3) is 10.0 Å². The van der Waals surface area contributed by atoms with Crippen molar-refractivity contribution in [1.29, 1.82) is 0 Å². The van der Waals surface area contributed by atoms with Gasteiger partial charge in [0.2, 0.25) is 0 Å². The molecule has 4 fully saturated rings. The van der Waals surface area contributed by atoms with Crippen molar-refractivity contribution in [2.75, 3.05) is 17.4 Å². The number of sulfonamides is 1. The Hall–Kier alpha value is -2.25. The van der Waals surface area contributed by atoms with E-state index in [1.54, 1.807) is 36.4 Å². The first-order valence-corrected chi connectivity index (χ1v) is 13.5. The summed E-state index contributed by atoms with van der Waals surface area (Å²) >= 11 is 6.05. The molecule has 6 nitrogen and oxygen atoms in total. The van der Waals surface area contributed by atoms with Crippen LogP contribution in [0.1, 0.15) is 38.5 Å². The predicted octanol–water partition coefficient (Wildman–Crippen LogP) is 4.80. The van der Waals surface area contributed by atoms with Crippen molar-refractivity contribution in [3.8, 4) is 0 Å². The van der Waals surface area contributed by atoms with Crippen LogP contribution in [0.3, 0.4) is 0 Å². The number of amides is 2. The van der Waals surface area contributed by atoms with Gasteiger partial charge < -0.3 is 10.6 Å². The first-order valence-electron chi connectivity index (χ1n) is 11.7. The Labute approximate surface area is 200 Å². The third kappa shape index (κ3) is 4.71. The summed E-state index contributed by atoms with van der Waals surface area (Å²) in [6.45, 7) is 0.319. The van der Waals surface area contributed by atoms with E-state index < -0.39 is 10.0 Å². The van der Waals surface area contributed by atoms with Crippen LogP contribution in [0, 0.1) is 17.8 Å². The molecule has 4 bridgehead atoms. The van der Waals surface area contributed by atoms with Gasteiger partial charge in [-0.3, -0.25) is 4.31 Å². The maximum atomic E-state index is 13.4. The molecule has 33 heavy (non-hydrogen) atoms. The highest BCUT2D eigenvalue weighted by atomic mass is 35.5. The molecule has 2 amide bonds. The van der Waals surface area contributed by atoms with E-state index in [1.165, 1.54) is 35.7 Å². The summed E-state index contributed by atoms with van der Waals surface area (Å²) in [7, 11) is -3.84. The van der Waals surface area contributed by atoms with Crippen LogP contribution < -0.4 is 14.9 Å². The number of benzene rings is 2. The summed E-state index contributed by atoms with van der Waals surface area (Å²) in [6, 6.07) is 15.0. The second-order valence-electron chi connectivity index (χ2n) is 9.95. The number of para-hydroxylation sites is 1. The zero-order chi connectivity index (χ0) is 23.1. The van der Waals surface area contributed by atoms with Gasteiger partial charge in [0, 0.05) is 17.1 Å². The number of halogens is 1. The highest BCUT2D eigenvalue weighted by molar-refractivity contribution is 7.92. The molecular weight excluding hydrogens is 458 g/mol. The second kappa shape index (κ2) is 8.84. The Bertz CT molecular complexity index is 1090. The minimum atomic E-state index is -3.84. The topological polar surface area (TPSA) is 78.5 Å². The van der Waals surface area contributed by atoms with Crippen LogP contribution in [0.2, 0.25) is 5.02 Å². The summed E-state index contributed by atoms with van der Waals surface area (Å²) in [5.74, 6) is 2.23. The van der Waals surface area contributed by atoms with E-state index >= 15 is 0 Å². The number of rotatable bonds is 7. The highest BCUT2D eigenvalue weighted by Crippen LogP contribution is 2.55. The van der Waals surface area contributed by atoms with Gasteiger partial charge in [-0.15, -0.1) is 0 Å². The number of anilines is 1. The van der Waals surface area contributed by atoms with Crippen LogP contribution in [-0.4, -0.2) is 33.1 Å². The van der Waals surface area contributed by atoms with Crippen LogP contribution >= 0.6 is 11.6 Å². The second-order valence-corrected chi connectivity index (χ2v) is 12.2. The first-order chi connectivity index (χ1) is 15.8. The Balaban J connectivity index is 1.26. The van der Waals surface area contributed by atoms with Crippen molar-refractivity contribution in [1.82, 2.24) is 10.6 Å². The molecule has 0 unspecified atom stereocenters. The number of carbonyl (C=O) groups is 1. The zero-order valence-corrected chi connectivity index (χ0v) is 20.1. The smallest absolute Gasteiger partial charge is 0.315 e. The van der Waals surface area contributed by atoms with Crippen molar-refractivity contribution >= 4 is 33.3 Å². The molecule has 8 heteroatoms. The molecule has 2 N–H and O–H groups in total. The van der Waals surface area contributed by atoms with Gasteiger partial charge >= 0.3 is 6.03 Å². The van der Waals surface area contributed by atoms with Crippen molar-refractivity contribution in [3.63, 3.8) is 0 Å². The third-order valence-electron chi connectivity index (χ3n) is 7.45. The lowest BCUT2D eigenvalue weighted by Gasteiger charge is -2.56. The summed E-state index contributed by atoms with van der Waals surface area (Å²) in [5, 5.41) is 6.55. The molecule has 0 aromatic heterocycles. The Morgan fingerprint density at radius 3 is 2.21 bits per heavy atom. The Kier molecular flexibility index (Phi) is 6.04. The molecule has 4 aliphatic carbocycles. The van der Waals surface area contributed by atoms with Crippen molar-refractivity contribution in [2.24, 2.45) is 17.8 Å². The molecule has 0 radical (unpaired) electrons. The molecular formula is C25H30ClN3O3S. The van der Waals surface area contributed by atoms with Gasteiger partial charge in [-0.1, -0.05) is 35.9 Å². The van der Waals surface area contributed by atoms with Crippen molar-refractivity contribution < 1.29 is 13.2 Å². The SMILES string of the molecule is O=C(NCCN(c1ccccc1)S(=O)(=O)c1cccc(Cl)c1)NC12CC3CC(CC(C3)C1)C2. The molecule has 2 aromatic rings. The van der Waals surface area contributed by atoms with E-state index in [1.807, 2.05) is 6.07 Å². The van der Waals surface area contributed by atoms with Gasteiger partial charge in [0.1, 0.15) is 0 Å².